The van der Waals surface area contributed by atoms with Gasteiger partial charge in [0.2, 0.25) is 5.91 Å². The molecule has 0 saturated carbocycles. The number of halogens is 2. The normalized spacial score (nSPS) is 26.4. The number of likely N-dealkylation sites (tertiary alicyclic amines) is 2. The maximum absolute atomic E-state index is 13.5. The molecule has 3 aliphatic rings. The monoisotopic (exact) mass is 374 g/mol. The fraction of sp³-hybridized carbons (Fsp3) is 0.591. The van der Waals surface area contributed by atoms with Gasteiger partial charge in [0.25, 0.3) is 0 Å². The summed E-state index contributed by atoms with van der Waals surface area (Å²) in [5.74, 6) is -1.34. The topological polar surface area (TPSA) is 23.6 Å². The molecule has 2 heterocycles. The van der Waals surface area contributed by atoms with Crippen LogP contribution in [-0.2, 0) is 11.3 Å². The molecule has 2 saturated heterocycles. The van der Waals surface area contributed by atoms with Crippen molar-refractivity contribution in [3.8, 4) is 0 Å². The number of nitrogens with zero attached hydrogens (tertiary/aromatic N) is 2. The van der Waals surface area contributed by atoms with Crippen molar-refractivity contribution in [3.05, 3.63) is 47.0 Å². The lowest BCUT2D eigenvalue weighted by atomic mass is 9.79. The molecule has 4 rings (SSSR count). The van der Waals surface area contributed by atoms with Crippen LogP contribution in [0.15, 0.2) is 29.8 Å². The molecule has 2 fully saturated rings. The molecule has 0 unspecified atom stereocenters. The first-order valence-electron chi connectivity index (χ1n) is 10.2. The molecule has 27 heavy (non-hydrogen) atoms. The highest BCUT2D eigenvalue weighted by Gasteiger charge is 2.43. The minimum atomic E-state index is -0.796. The largest absolute Gasteiger partial charge is 0.338 e. The van der Waals surface area contributed by atoms with Crippen LogP contribution in [0.25, 0.3) is 0 Å². The van der Waals surface area contributed by atoms with Gasteiger partial charge < -0.3 is 4.90 Å². The minimum Gasteiger partial charge on any atom is -0.338 e. The predicted octanol–water partition coefficient (Wildman–Crippen LogP) is 4.28. The van der Waals surface area contributed by atoms with Gasteiger partial charge in [-0.2, -0.15) is 0 Å². The molecule has 1 spiro atoms. The first-order chi connectivity index (χ1) is 13.0. The maximum atomic E-state index is 13.5. The van der Waals surface area contributed by atoms with Crippen molar-refractivity contribution in [2.45, 2.75) is 51.5 Å². The second-order valence-corrected chi connectivity index (χ2v) is 8.51. The summed E-state index contributed by atoms with van der Waals surface area (Å²) in [5, 5.41) is 0. The van der Waals surface area contributed by atoms with Crippen LogP contribution >= 0.6 is 0 Å². The number of benzene rings is 1. The quantitative estimate of drug-likeness (QED) is 0.788. The van der Waals surface area contributed by atoms with E-state index in [4.69, 9.17) is 0 Å². The van der Waals surface area contributed by atoms with Gasteiger partial charge in [0.15, 0.2) is 11.6 Å². The molecule has 1 aromatic rings. The molecule has 3 nitrogen and oxygen atoms in total. The molecule has 1 atom stereocenters. The molecule has 0 radical (unpaired) electrons. The lowest BCUT2D eigenvalue weighted by Crippen LogP contribution is -2.45. The third kappa shape index (κ3) is 4.08. The van der Waals surface area contributed by atoms with Gasteiger partial charge in [-0.1, -0.05) is 12.1 Å². The van der Waals surface area contributed by atoms with Crippen molar-refractivity contribution < 1.29 is 13.6 Å². The van der Waals surface area contributed by atoms with E-state index in [1.165, 1.54) is 18.6 Å². The Balaban J connectivity index is 1.39. The standard InChI is InChI=1S/C22H28F2N2O/c23-19-8-7-17(13-20(19)24)14-25-11-4-9-22(15-25)10-12-26(16-22)21(27)18-5-2-1-3-6-18/h5,7-8,13H,1-4,6,9-12,14-16H2/t22-/m1/s1. The van der Waals surface area contributed by atoms with Crippen LogP contribution in [0.3, 0.4) is 0 Å². The van der Waals surface area contributed by atoms with E-state index >= 15 is 0 Å². The van der Waals surface area contributed by atoms with E-state index in [9.17, 15) is 13.6 Å². The second kappa shape index (κ2) is 7.70. The van der Waals surface area contributed by atoms with Gasteiger partial charge in [0.05, 0.1) is 0 Å². The lowest BCUT2D eigenvalue weighted by Gasteiger charge is -2.40. The number of hydrogen-bond acceptors (Lipinski definition) is 2. The molecule has 2 aliphatic heterocycles. The van der Waals surface area contributed by atoms with E-state index in [0.29, 0.717) is 6.54 Å². The number of piperidine rings is 1. The van der Waals surface area contributed by atoms with Crippen molar-refractivity contribution in [2.24, 2.45) is 5.41 Å². The maximum Gasteiger partial charge on any atom is 0.249 e. The molecule has 146 valence electrons. The van der Waals surface area contributed by atoms with Gasteiger partial charge in [-0.25, -0.2) is 8.78 Å². The molecule has 1 amide bonds. The summed E-state index contributed by atoms with van der Waals surface area (Å²) in [6.45, 7) is 4.21. The summed E-state index contributed by atoms with van der Waals surface area (Å²) >= 11 is 0. The highest BCUT2D eigenvalue weighted by Crippen LogP contribution is 2.40. The molecule has 1 aromatic carbocycles. The lowest BCUT2D eigenvalue weighted by molar-refractivity contribution is -0.127. The first-order valence-corrected chi connectivity index (χ1v) is 10.2. The summed E-state index contributed by atoms with van der Waals surface area (Å²) in [7, 11) is 0. The number of carbonyl (C=O) groups excluding carboxylic acids is 1. The van der Waals surface area contributed by atoms with Crippen LogP contribution in [0.2, 0.25) is 0 Å². The molecule has 0 aromatic heterocycles. The number of hydrogen-bond donors (Lipinski definition) is 0. The van der Waals surface area contributed by atoms with Crippen LogP contribution in [0, 0.1) is 17.0 Å². The first kappa shape index (κ1) is 18.6. The van der Waals surface area contributed by atoms with Gasteiger partial charge in [-0.3, -0.25) is 9.69 Å². The van der Waals surface area contributed by atoms with Crippen LogP contribution in [0.5, 0.6) is 0 Å². The summed E-state index contributed by atoms with van der Waals surface area (Å²) in [4.78, 5) is 17.2. The van der Waals surface area contributed by atoms with Crippen LogP contribution in [-0.4, -0.2) is 41.9 Å². The summed E-state index contributed by atoms with van der Waals surface area (Å²) in [5.41, 5.74) is 1.97. The van der Waals surface area contributed by atoms with Crippen molar-refractivity contribution in [2.75, 3.05) is 26.2 Å². The molecule has 1 aliphatic carbocycles. The van der Waals surface area contributed by atoms with Crippen LogP contribution in [0.4, 0.5) is 8.78 Å². The van der Waals surface area contributed by atoms with Gasteiger partial charge in [-0.15, -0.1) is 0 Å². The highest BCUT2D eigenvalue weighted by molar-refractivity contribution is 5.93. The van der Waals surface area contributed by atoms with Gasteiger partial charge in [0, 0.05) is 37.2 Å². The predicted molar refractivity (Wildman–Crippen MR) is 101 cm³/mol. The Morgan fingerprint density at radius 2 is 1.93 bits per heavy atom. The van der Waals surface area contributed by atoms with E-state index in [0.717, 1.165) is 75.8 Å². The Morgan fingerprint density at radius 3 is 2.70 bits per heavy atom. The average molecular weight is 374 g/mol. The van der Waals surface area contributed by atoms with Crippen molar-refractivity contribution >= 4 is 5.91 Å². The number of carbonyl (C=O) groups is 1. The Bertz CT molecular complexity index is 748. The van der Waals surface area contributed by atoms with E-state index in [-0.39, 0.29) is 11.3 Å². The molecule has 0 bridgehead atoms. The Morgan fingerprint density at radius 1 is 1.04 bits per heavy atom. The van der Waals surface area contributed by atoms with Crippen molar-refractivity contribution in [3.63, 3.8) is 0 Å². The van der Waals surface area contributed by atoms with Gasteiger partial charge in [0.1, 0.15) is 0 Å². The van der Waals surface area contributed by atoms with E-state index in [1.54, 1.807) is 6.07 Å². The van der Waals surface area contributed by atoms with E-state index in [1.807, 2.05) is 0 Å². The van der Waals surface area contributed by atoms with Crippen molar-refractivity contribution in [1.29, 1.82) is 0 Å². The third-order valence-corrected chi connectivity index (χ3v) is 6.42. The zero-order valence-electron chi connectivity index (χ0n) is 15.9. The zero-order valence-corrected chi connectivity index (χ0v) is 15.9. The fourth-order valence-corrected chi connectivity index (χ4v) is 5.02. The molecular formula is C22H28F2N2O. The SMILES string of the molecule is O=C(C1=CCCCC1)N1CC[C@@]2(CCCN(Cc3ccc(F)c(F)c3)C2)C1. The Labute approximate surface area is 160 Å². The van der Waals surface area contributed by atoms with Crippen LogP contribution in [0.1, 0.15) is 50.5 Å². The molecular weight excluding hydrogens is 346 g/mol. The second-order valence-electron chi connectivity index (χ2n) is 8.51. The molecule has 0 N–H and O–H groups in total. The summed E-state index contributed by atoms with van der Waals surface area (Å²) in [6.07, 6.45) is 9.68. The average Bonchev–Trinajstić information content (AvgIpc) is 3.08. The zero-order chi connectivity index (χ0) is 18.9. The Kier molecular flexibility index (Phi) is 5.31. The third-order valence-electron chi connectivity index (χ3n) is 6.42. The Hall–Kier alpha value is -1.75. The fourth-order valence-electron chi connectivity index (χ4n) is 5.02. The van der Waals surface area contributed by atoms with E-state index < -0.39 is 11.6 Å². The van der Waals surface area contributed by atoms with Gasteiger partial charge >= 0.3 is 0 Å². The minimum absolute atomic E-state index is 0.154. The summed E-state index contributed by atoms with van der Waals surface area (Å²) in [6, 6.07) is 4.18. The smallest absolute Gasteiger partial charge is 0.249 e. The van der Waals surface area contributed by atoms with Crippen molar-refractivity contribution in [1.82, 2.24) is 9.80 Å². The van der Waals surface area contributed by atoms with Gasteiger partial charge in [-0.05, 0) is 69.2 Å². The van der Waals surface area contributed by atoms with E-state index in [2.05, 4.69) is 15.9 Å². The summed E-state index contributed by atoms with van der Waals surface area (Å²) < 4.78 is 26.7. The number of amides is 1. The number of allylic oxidation sites excluding steroid dienone is 1. The number of rotatable bonds is 3. The molecule has 5 heteroatoms. The van der Waals surface area contributed by atoms with Crippen LogP contribution < -0.4 is 0 Å². The highest BCUT2D eigenvalue weighted by atomic mass is 19.2.